The third-order valence-electron chi connectivity index (χ3n) is 5.83. The van der Waals surface area contributed by atoms with Crippen LogP contribution in [0.15, 0.2) is 48.8 Å². The zero-order chi connectivity index (χ0) is 22.7. The van der Waals surface area contributed by atoms with Crippen LogP contribution in [0.2, 0.25) is 0 Å². The number of nitrogens with zero attached hydrogens (tertiary/aromatic N) is 1. The topological polar surface area (TPSA) is 51.2 Å². The normalized spacial score (nSPS) is 10.8. The number of esters is 1. The largest absolute Gasteiger partial charge is 0.421 e. The monoisotopic (exact) mass is 438 g/mol. The van der Waals surface area contributed by atoms with Crippen LogP contribution in [0.4, 0.5) is 5.69 Å². The van der Waals surface area contributed by atoms with Gasteiger partial charge in [0.15, 0.2) is 0 Å². The number of aromatic nitrogens is 1. The zero-order valence-electron chi connectivity index (χ0n) is 20.0. The van der Waals surface area contributed by atoms with Crippen LogP contribution < -0.4 is 10.1 Å². The lowest BCUT2D eigenvalue weighted by molar-refractivity contribution is 0.0734. The fourth-order valence-corrected chi connectivity index (χ4v) is 3.85. The fraction of sp³-hybridized carbons (Fsp3) is 0.571. The highest BCUT2D eigenvalue weighted by Gasteiger charge is 2.08. The average Bonchev–Trinajstić information content (AvgIpc) is 2.82. The van der Waals surface area contributed by atoms with E-state index in [2.05, 4.69) is 17.2 Å². The Bertz CT molecular complexity index is 716. The first-order valence-electron chi connectivity index (χ1n) is 12.8. The minimum Gasteiger partial charge on any atom is -0.421 e. The lowest BCUT2D eigenvalue weighted by atomic mass is 10.0. The van der Waals surface area contributed by atoms with E-state index in [1.165, 1.54) is 96.1 Å². The number of rotatable bonds is 18. The van der Waals surface area contributed by atoms with Crippen LogP contribution >= 0.6 is 0 Å². The van der Waals surface area contributed by atoms with Crippen molar-refractivity contribution in [3.63, 3.8) is 0 Å². The summed E-state index contributed by atoms with van der Waals surface area (Å²) in [5, 5.41) is 3.44. The minimum atomic E-state index is -0.364. The molecule has 0 bridgehead atoms. The SMILES string of the molecule is CCCCCCCCCCCCCCCCNc1ccc(C(=O)Oc2cccnc2)cc1. The quantitative estimate of drug-likeness (QED) is 0.188. The maximum Gasteiger partial charge on any atom is 0.343 e. The standard InChI is InChI=1S/C28H42N2O2/c1-2-3-4-5-6-7-8-9-10-11-12-13-14-15-23-30-26-20-18-25(19-21-26)28(31)32-27-17-16-22-29-24-27/h16-22,24,30H,2-15,23H2,1H3. The van der Waals surface area contributed by atoms with E-state index in [4.69, 9.17) is 4.74 Å². The molecule has 4 heteroatoms. The summed E-state index contributed by atoms with van der Waals surface area (Å²) in [4.78, 5) is 16.1. The molecule has 0 unspecified atom stereocenters. The molecule has 0 saturated heterocycles. The summed E-state index contributed by atoms with van der Waals surface area (Å²) in [5.74, 6) is 0.0917. The highest BCUT2D eigenvalue weighted by Crippen LogP contribution is 2.15. The Morgan fingerprint density at radius 1 is 0.781 bits per heavy atom. The van der Waals surface area contributed by atoms with E-state index in [0.29, 0.717) is 11.3 Å². The van der Waals surface area contributed by atoms with Crippen molar-refractivity contribution < 1.29 is 9.53 Å². The molecule has 0 spiro atoms. The van der Waals surface area contributed by atoms with Gasteiger partial charge in [-0.05, 0) is 42.8 Å². The summed E-state index contributed by atoms with van der Waals surface area (Å²) in [5.41, 5.74) is 1.58. The van der Waals surface area contributed by atoms with Gasteiger partial charge in [0.1, 0.15) is 5.75 Å². The Labute approximate surface area is 195 Å². The lowest BCUT2D eigenvalue weighted by Gasteiger charge is -2.08. The van der Waals surface area contributed by atoms with Crippen molar-refractivity contribution in [1.29, 1.82) is 0 Å². The first kappa shape index (κ1) is 25.9. The van der Waals surface area contributed by atoms with Crippen LogP contribution in [0.25, 0.3) is 0 Å². The maximum absolute atomic E-state index is 12.2. The molecule has 0 amide bonds. The molecule has 1 N–H and O–H groups in total. The Hall–Kier alpha value is -2.36. The van der Waals surface area contributed by atoms with Crippen LogP contribution in [0.1, 0.15) is 107 Å². The average molecular weight is 439 g/mol. The van der Waals surface area contributed by atoms with E-state index < -0.39 is 0 Å². The summed E-state index contributed by atoms with van der Waals surface area (Å²) in [6, 6.07) is 10.9. The molecule has 0 saturated carbocycles. The lowest BCUT2D eigenvalue weighted by Crippen LogP contribution is -2.09. The van der Waals surface area contributed by atoms with Gasteiger partial charge < -0.3 is 10.1 Å². The molecule has 1 heterocycles. The van der Waals surface area contributed by atoms with E-state index in [9.17, 15) is 4.79 Å². The molecule has 2 aromatic rings. The second-order valence-electron chi connectivity index (χ2n) is 8.68. The molecular formula is C28H42N2O2. The number of carbonyl (C=O) groups excluding carboxylic acids is 1. The second kappa shape index (κ2) is 17.2. The van der Waals surface area contributed by atoms with E-state index in [-0.39, 0.29) is 5.97 Å². The molecule has 1 aromatic heterocycles. The number of carbonyl (C=O) groups is 1. The Balaban J connectivity index is 1.43. The minimum absolute atomic E-state index is 0.364. The van der Waals surface area contributed by atoms with Gasteiger partial charge in [-0.15, -0.1) is 0 Å². The summed E-state index contributed by atoms with van der Waals surface area (Å²) in [7, 11) is 0. The van der Waals surface area contributed by atoms with Gasteiger partial charge in [-0.25, -0.2) is 4.79 Å². The number of hydrogen-bond acceptors (Lipinski definition) is 4. The fourth-order valence-electron chi connectivity index (χ4n) is 3.85. The van der Waals surface area contributed by atoms with E-state index >= 15 is 0 Å². The maximum atomic E-state index is 12.2. The van der Waals surface area contributed by atoms with Crippen molar-refractivity contribution in [3.05, 3.63) is 54.4 Å². The first-order valence-corrected chi connectivity index (χ1v) is 12.8. The van der Waals surface area contributed by atoms with E-state index in [1.54, 1.807) is 30.5 Å². The molecule has 0 aliphatic carbocycles. The van der Waals surface area contributed by atoms with E-state index in [1.807, 2.05) is 12.1 Å². The molecule has 0 radical (unpaired) electrons. The smallest absolute Gasteiger partial charge is 0.343 e. The first-order chi connectivity index (χ1) is 15.8. The molecule has 0 aliphatic rings. The van der Waals surface area contributed by atoms with Gasteiger partial charge in [-0.3, -0.25) is 4.98 Å². The molecule has 0 fully saturated rings. The highest BCUT2D eigenvalue weighted by molar-refractivity contribution is 5.91. The molecular weight excluding hydrogens is 396 g/mol. The van der Waals surface area contributed by atoms with Gasteiger partial charge in [0.2, 0.25) is 0 Å². The van der Waals surface area contributed by atoms with Crippen LogP contribution in [0.5, 0.6) is 5.75 Å². The summed E-state index contributed by atoms with van der Waals surface area (Å²) < 4.78 is 5.31. The number of benzene rings is 1. The predicted molar refractivity (Wildman–Crippen MR) is 134 cm³/mol. The number of unbranched alkanes of at least 4 members (excludes halogenated alkanes) is 13. The van der Waals surface area contributed by atoms with Gasteiger partial charge in [-0.2, -0.15) is 0 Å². The van der Waals surface area contributed by atoms with Gasteiger partial charge in [-0.1, -0.05) is 90.4 Å². The summed E-state index contributed by atoms with van der Waals surface area (Å²) in [6.07, 6.45) is 22.5. The molecule has 0 atom stereocenters. The van der Waals surface area contributed by atoms with Crippen LogP contribution in [0.3, 0.4) is 0 Å². The second-order valence-corrected chi connectivity index (χ2v) is 8.68. The number of anilines is 1. The number of nitrogens with one attached hydrogen (secondary N) is 1. The molecule has 32 heavy (non-hydrogen) atoms. The van der Waals surface area contributed by atoms with Crippen LogP contribution in [-0.2, 0) is 0 Å². The molecule has 0 aliphatic heterocycles. The zero-order valence-corrected chi connectivity index (χ0v) is 20.0. The summed E-state index contributed by atoms with van der Waals surface area (Å²) in [6.45, 7) is 3.25. The molecule has 176 valence electrons. The van der Waals surface area contributed by atoms with Crippen molar-refractivity contribution in [3.8, 4) is 5.75 Å². The predicted octanol–water partition coefficient (Wildman–Crippen LogP) is 8.19. The van der Waals surface area contributed by atoms with Crippen molar-refractivity contribution in [1.82, 2.24) is 4.98 Å². The molecule has 4 nitrogen and oxygen atoms in total. The van der Waals surface area contributed by atoms with Gasteiger partial charge in [0, 0.05) is 18.4 Å². The van der Waals surface area contributed by atoms with Gasteiger partial charge >= 0.3 is 5.97 Å². The number of hydrogen-bond donors (Lipinski definition) is 1. The Kier molecular flexibility index (Phi) is 13.9. The van der Waals surface area contributed by atoms with Crippen LogP contribution in [0, 0.1) is 0 Å². The third kappa shape index (κ3) is 11.9. The van der Waals surface area contributed by atoms with Gasteiger partial charge in [0.05, 0.1) is 11.8 Å². The van der Waals surface area contributed by atoms with Crippen molar-refractivity contribution in [2.75, 3.05) is 11.9 Å². The van der Waals surface area contributed by atoms with E-state index in [0.717, 1.165) is 12.2 Å². The third-order valence-corrected chi connectivity index (χ3v) is 5.83. The Morgan fingerprint density at radius 3 is 1.88 bits per heavy atom. The Morgan fingerprint density at radius 2 is 1.34 bits per heavy atom. The van der Waals surface area contributed by atoms with Crippen molar-refractivity contribution >= 4 is 11.7 Å². The van der Waals surface area contributed by atoms with Crippen LogP contribution in [-0.4, -0.2) is 17.5 Å². The number of ether oxygens (including phenoxy) is 1. The number of pyridine rings is 1. The summed E-state index contributed by atoms with van der Waals surface area (Å²) >= 11 is 0. The molecule has 2 rings (SSSR count). The van der Waals surface area contributed by atoms with Crippen molar-refractivity contribution in [2.45, 2.75) is 96.8 Å². The molecule has 1 aromatic carbocycles. The van der Waals surface area contributed by atoms with Crippen molar-refractivity contribution in [2.24, 2.45) is 0 Å². The highest BCUT2D eigenvalue weighted by atomic mass is 16.5. The van der Waals surface area contributed by atoms with Gasteiger partial charge in [0.25, 0.3) is 0 Å².